The number of hydrogen-bond donors (Lipinski definition) is 3. The van der Waals surface area contributed by atoms with E-state index in [1.807, 2.05) is 30.7 Å². The standard InChI is InChI=1S/C29H34N10/c1-38-10-12-39(13-11-38)24-8-9-32-28-26(24)34-29(35-28)27-25-23(36-37-27)7-6-22(33-25)21-14-20(17-31-18-21)16-30-15-19-4-2-3-5-19/h6-9,14,17-19,30H,2-5,10-13,15-16H2,1H3,(H,36,37)(H,32,34,35). The first-order valence-corrected chi connectivity index (χ1v) is 14.0. The Kier molecular flexibility index (Phi) is 6.41. The summed E-state index contributed by atoms with van der Waals surface area (Å²) in [5.74, 6) is 1.48. The van der Waals surface area contributed by atoms with Crippen molar-refractivity contribution >= 4 is 27.9 Å². The molecule has 6 heterocycles. The molecule has 200 valence electrons. The monoisotopic (exact) mass is 522 g/mol. The van der Waals surface area contributed by atoms with E-state index in [2.05, 4.69) is 59.4 Å². The number of nitrogens with zero attached hydrogens (tertiary/aromatic N) is 7. The van der Waals surface area contributed by atoms with Gasteiger partial charge in [0.2, 0.25) is 0 Å². The van der Waals surface area contributed by atoms with Gasteiger partial charge in [0.15, 0.2) is 17.2 Å². The normalized spacial score (nSPS) is 17.1. The summed E-state index contributed by atoms with van der Waals surface area (Å²) in [6.45, 7) is 5.90. The second-order valence-electron chi connectivity index (χ2n) is 10.9. The highest BCUT2D eigenvalue weighted by Gasteiger charge is 2.21. The van der Waals surface area contributed by atoms with Crippen LogP contribution in [0.2, 0.25) is 0 Å². The first-order chi connectivity index (χ1) is 19.2. The van der Waals surface area contributed by atoms with Gasteiger partial charge in [0.25, 0.3) is 0 Å². The first-order valence-electron chi connectivity index (χ1n) is 14.0. The minimum absolute atomic E-state index is 0.665. The maximum Gasteiger partial charge on any atom is 0.162 e. The number of hydrogen-bond acceptors (Lipinski definition) is 8. The number of likely N-dealkylation sites (N-methyl/N-ethyl adjacent to an activating group) is 1. The van der Waals surface area contributed by atoms with E-state index in [1.54, 1.807) is 0 Å². The smallest absolute Gasteiger partial charge is 0.162 e. The van der Waals surface area contributed by atoms with Crippen molar-refractivity contribution in [2.45, 2.75) is 32.2 Å². The zero-order valence-corrected chi connectivity index (χ0v) is 22.3. The lowest BCUT2D eigenvalue weighted by molar-refractivity contribution is 0.313. The Morgan fingerprint density at radius 1 is 1.00 bits per heavy atom. The third kappa shape index (κ3) is 4.86. The maximum atomic E-state index is 5.01. The fourth-order valence-electron chi connectivity index (χ4n) is 5.90. The van der Waals surface area contributed by atoms with Gasteiger partial charge in [0.05, 0.1) is 16.9 Å². The summed E-state index contributed by atoms with van der Waals surface area (Å²) < 4.78 is 0. The van der Waals surface area contributed by atoms with E-state index < -0.39 is 0 Å². The summed E-state index contributed by atoms with van der Waals surface area (Å²) in [4.78, 5) is 27.2. The highest BCUT2D eigenvalue weighted by Crippen LogP contribution is 2.31. The van der Waals surface area contributed by atoms with E-state index in [4.69, 9.17) is 9.97 Å². The fourth-order valence-corrected chi connectivity index (χ4v) is 5.90. The summed E-state index contributed by atoms with van der Waals surface area (Å²) >= 11 is 0. The van der Waals surface area contributed by atoms with E-state index in [-0.39, 0.29) is 0 Å². The van der Waals surface area contributed by atoms with Crippen LogP contribution in [0.15, 0.2) is 42.9 Å². The number of rotatable bonds is 7. The summed E-state index contributed by atoms with van der Waals surface area (Å²) in [7, 11) is 2.16. The number of piperazine rings is 1. The Labute approximate surface area is 227 Å². The number of H-pyrrole nitrogens is 2. The molecule has 7 rings (SSSR count). The molecule has 1 aliphatic carbocycles. The van der Waals surface area contributed by atoms with Crippen LogP contribution in [0.4, 0.5) is 5.69 Å². The highest BCUT2D eigenvalue weighted by atomic mass is 15.3. The lowest BCUT2D eigenvalue weighted by Gasteiger charge is -2.33. The van der Waals surface area contributed by atoms with Crippen molar-refractivity contribution in [2.24, 2.45) is 5.92 Å². The number of pyridine rings is 3. The maximum absolute atomic E-state index is 5.01. The number of aromatic amines is 2. The summed E-state index contributed by atoms with van der Waals surface area (Å²) in [5, 5.41) is 11.3. The quantitative estimate of drug-likeness (QED) is 0.294. The van der Waals surface area contributed by atoms with Gasteiger partial charge >= 0.3 is 0 Å². The first kappa shape index (κ1) is 24.2. The molecule has 10 nitrogen and oxygen atoms in total. The van der Waals surface area contributed by atoms with Gasteiger partial charge in [-0.2, -0.15) is 5.10 Å². The topological polar surface area (TPSA) is 115 Å². The van der Waals surface area contributed by atoms with Crippen LogP contribution in [0.1, 0.15) is 31.2 Å². The molecule has 2 fully saturated rings. The predicted octanol–water partition coefficient (Wildman–Crippen LogP) is 3.99. The largest absolute Gasteiger partial charge is 0.367 e. The average Bonchev–Trinajstić information content (AvgIpc) is 3.73. The summed E-state index contributed by atoms with van der Waals surface area (Å²) in [6, 6.07) is 8.27. The minimum Gasteiger partial charge on any atom is -0.367 e. The molecule has 10 heteroatoms. The van der Waals surface area contributed by atoms with Crippen molar-refractivity contribution < 1.29 is 0 Å². The molecule has 0 atom stereocenters. The fraction of sp³-hybridized carbons (Fsp3) is 0.414. The number of nitrogens with one attached hydrogen (secondary N) is 3. The Balaban J connectivity index is 1.17. The van der Waals surface area contributed by atoms with E-state index in [1.165, 1.54) is 31.2 Å². The van der Waals surface area contributed by atoms with Crippen molar-refractivity contribution in [3.63, 3.8) is 0 Å². The number of aromatic nitrogens is 7. The van der Waals surface area contributed by atoms with Crippen LogP contribution in [0.25, 0.3) is 45.0 Å². The summed E-state index contributed by atoms with van der Waals surface area (Å²) in [5.41, 5.74) is 8.09. The molecule has 0 unspecified atom stereocenters. The van der Waals surface area contributed by atoms with Crippen LogP contribution in [0.5, 0.6) is 0 Å². The summed E-state index contributed by atoms with van der Waals surface area (Å²) in [6.07, 6.45) is 11.1. The van der Waals surface area contributed by atoms with Gasteiger partial charge in [-0.25, -0.2) is 15.0 Å². The molecular formula is C29H34N10. The average molecular weight is 523 g/mol. The lowest BCUT2D eigenvalue weighted by Crippen LogP contribution is -2.44. The van der Waals surface area contributed by atoms with Crippen molar-refractivity contribution in [2.75, 3.05) is 44.7 Å². The molecule has 0 radical (unpaired) electrons. The van der Waals surface area contributed by atoms with Crippen molar-refractivity contribution in [1.82, 2.24) is 45.3 Å². The second-order valence-corrected chi connectivity index (χ2v) is 10.9. The van der Waals surface area contributed by atoms with Crippen molar-refractivity contribution in [3.8, 4) is 22.8 Å². The van der Waals surface area contributed by atoms with Gasteiger partial charge in [0, 0.05) is 56.9 Å². The van der Waals surface area contributed by atoms with Crippen LogP contribution < -0.4 is 10.2 Å². The molecule has 0 bridgehead atoms. The Hall–Kier alpha value is -3.89. The lowest BCUT2D eigenvalue weighted by atomic mass is 10.1. The van der Waals surface area contributed by atoms with Crippen molar-refractivity contribution in [1.29, 1.82) is 0 Å². The molecule has 0 spiro atoms. The van der Waals surface area contributed by atoms with E-state index in [0.717, 1.165) is 84.3 Å². The van der Waals surface area contributed by atoms with Gasteiger partial charge in [0.1, 0.15) is 11.0 Å². The van der Waals surface area contributed by atoms with Gasteiger partial charge in [-0.3, -0.25) is 10.1 Å². The Morgan fingerprint density at radius 2 is 1.87 bits per heavy atom. The van der Waals surface area contributed by atoms with Crippen LogP contribution in [-0.2, 0) is 6.54 Å². The second kappa shape index (κ2) is 10.3. The van der Waals surface area contributed by atoms with E-state index in [0.29, 0.717) is 11.5 Å². The molecule has 2 aliphatic rings. The van der Waals surface area contributed by atoms with Gasteiger partial charge < -0.3 is 20.1 Å². The molecule has 1 saturated heterocycles. The molecule has 3 N–H and O–H groups in total. The van der Waals surface area contributed by atoms with Crippen LogP contribution >= 0.6 is 0 Å². The van der Waals surface area contributed by atoms with Crippen LogP contribution in [0.3, 0.4) is 0 Å². The molecule has 39 heavy (non-hydrogen) atoms. The third-order valence-corrected chi connectivity index (χ3v) is 8.17. The van der Waals surface area contributed by atoms with Gasteiger partial charge in [-0.1, -0.05) is 12.8 Å². The minimum atomic E-state index is 0.665. The van der Waals surface area contributed by atoms with Crippen LogP contribution in [0, 0.1) is 5.92 Å². The van der Waals surface area contributed by atoms with Crippen LogP contribution in [-0.4, -0.2) is 79.8 Å². The number of imidazole rings is 1. The number of fused-ring (bicyclic) bond motifs is 2. The van der Waals surface area contributed by atoms with Gasteiger partial charge in [-0.05, 0) is 62.2 Å². The Morgan fingerprint density at radius 3 is 2.74 bits per heavy atom. The number of anilines is 1. The van der Waals surface area contributed by atoms with Gasteiger partial charge in [-0.15, -0.1) is 0 Å². The van der Waals surface area contributed by atoms with Crippen molar-refractivity contribution in [3.05, 3.63) is 48.4 Å². The predicted molar refractivity (Wildman–Crippen MR) is 153 cm³/mol. The van der Waals surface area contributed by atoms with E-state index >= 15 is 0 Å². The molecular weight excluding hydrogens is 488 g/mol. The molecule has 5 aromatic rings. The highest BCUT2D eigenvalue weighted by molar-refractivity contribution is 5.93. The molecule has 0 aromatic carbocycles. The van der Waals surface area contributed by atoms with E-state index in [9.17, 15) is 0 Å². The molecule has 5 aromatic heterocycles. The SMILES string of the molecule is CN1CCN(c2ccnc3[nH]c(-c4n[nH]c5ccc(-c6cncc(CNCC7CCCC7)c6)nc45)nc23)CC1. The zero-order valence-electron chi connectivity index (χ0n) is 22.3. The molecule has 1 saturated carbocycles. The zero-order chi connectivity index (χ0) is 26.2. The molecule has 0 amide bonds. The third-order valence-electron chi connectivity index (χ3n) is 8.17. The Bertz CT molecular complexity index is 1590. The molecule has 1 aliphatic heterocycles.